The molecule has 1 heterocycles. The molecule has 3 atom stereocenters. The van der Waals surface area contributed by atoms with Crippen molar-refractivity contribution < 1.29 is 14.2 Å². The van der Waals surface area contributed by atoms with Gasteiger partial charge in [0.05, 0.1) is 18.3 Å². The first kappa shape index (κ1) is 16.7. The zero-order valence-corrected chi connectivity index (χ0v) is 13.3. The van der Waals surface area contributed by atoms with Crippen LogP contribution in [-0.4, -0.2) is 36.5 Å². The summed E-state index contributed by atoms with van der Waals surface area (Å²) in [6.45, 7) is 5.83. The van der Waals surface area contributed by atoms with Crippen molar-refractivity contribution in [3.63, 3.8) is 0 Å². The Kier molecular flexibility index (Phi) is 5.60. The number of halogens is 2. The lowest BCUT2D eigenvalue weighted by Gasteiger charge is -2.37. The predicted molar refractivity (Wildman–Crippen MR) is 82.1 cm³/mol. The summed E-state index contributed by atoms with van der Waals surface area (Å²) in [6.07, 6.45) is 0.802. The van der Waals surface area contributed by atoms with E-state index in [1.54, 1.807) is 19.1 Å². The molecule has 1 saturated heterocycles. The molecule has 118 valence electrons. The van der Waals surface area contributed by atoms with E-state index in [2.05, 4.69) is 5.32 Å². The van der Waals surface area contributed by atoms with Crippen LogP contribution < -0.4 is 5.32 Å². The molecule has 1 aliphatic heterocycles. The first-order chi connectivity index (χ1) is 9.90. The first-order valence-electron chi connectivity index (χ1n) is 7.37. The molecule has 0 radical (unpaired) electrons. The molecule has 2 rings (SSSR count). The predicted octanol–water partition coefficient (Wildman–Crippen LogP) is 2.79. The fraction of sp³-hybridized carbons (Fsp3) is 0.625. The molecular formula is C16H23ClFNO2. The van der Waals surface area contributed by atoms with Gasteiger partial charge in [-0.3, -0.25) is 0 Å². The van der Waals surface area contributed by atoms with E-state index in [-0.39, 0.29) is 17.8 Å². The highest BCUT2D eigenvalue weighted by Crippen LogP contribution is 2.28. The van der Waals surface area contributed by atoms with E-state index in [1.807, 2.05) is 6.92 Å². The largest absolute Gasteiger partial charge is 0.387 e. The number of nitrogens with one attached hydrogen (secondary N) is 1. The molecule has 21 heavy (non-hydrogen) atoms. The van der Waals surface area contributed by atoms with Crippen LogP contribution in [0.15, 0.2) is 18.2 Å². The quantitative estimate of drug-likeness (QED) is 0.878. The molecule has 0 saturated carbocycles. The molecule has 2 N–H and O–H groups in total. The Balaban J connectivity index is 1.98. The summed E-state index contributed by atoms with van der Waals surface area (Å²) in [5, 5.41) is 14.3. The van der Waals surface area contributed by atoms with E-state index >= 15 is 0 Å². The van der Waals surface area contributed by atoms with Crippen LogP contribution in [0.4, 0.5) is 4.39 Å². The minimum Gasteiger partial charge on any atom is -0.387 e. The van der Waals surface area contributed by atoms with Crippen LogP contribution in [0.2, 0.25) is 5.02 Å². The highest BCUT2D eigenvalue weighted by atomic mass is 35.5. The average molecular weight is 316 g/mol. The lowest BCUT2D eigenvalue weighted by molar-refractivity contribution is -0.118. The number of aliphatic hydroxyl groups is 1. The second kappa shape index (κ2) is 7.05. The molecule has 1 fully saturated rings. The fourth-order valence-electron chi connectivity index (χ4n) is 2.95. The molecule has 1 aliphatic rings. The normalized spacial score (nSPS) is 23.6. The van der Waals surface area contributed by atoms with Crippen molar-refractivity contribution >= 4 is 11.6 Å². The molecule has 3 nitrogen and oxygen atoms in total. The number of benzene rings is 1. The summed E-state index contributed by atoms with van der Waals surface area (Å²) in [6, 6.07) is 4.71. The molecular weight excluding hydrogens is 293 g/mol. The van der Waals surface area contributed by atoms with Crippen molar-refractivity contribution in [1.29, 1.82) is 0 Å². The Morgan fingerprint density at radius 1 is 1.57 bits per heavy atom. The Morgan fingerprint density at radius 2 is 2.33 bits per heavy atom. The van der Waals surface area contributed by atoms with Crippen molar-refractivity contribution in [2.75, 3.05) is 19.7 Å². The third kappa shape index (κ3) is 4.39. The van der Waals surface area contributed by atoms with Crippen LogP contribution in [0.25, 0.3) is 0 Å². The third-order valence-electron chi connectivity index (χ3n) is 4.00. The first-order valence-corrected chi connectivity index (χ1v) is 7.75. The average Bonchev–Trinajstić information content (AvgIpc) is 2.43. The summed E-state index contributed by atoms with van der Waals surface area (Å²) in [4.78, 5) is 0. The lowest BCUT2D eigenvalue weighted by atomic mass is 9.85. The van der Waals surface area contributed by atoms with Gasteiger partial charge in [-0.2, -0.15) is 0 Å². The van der Waals surface area contributed by atoms with Gasteiger partial charge in [0, 0.05) is 23.7 Å². The maximum absolute atomic E-state index is 13.8. The summed E-state index contributed by atoms with van der Waals surface area (Å²) in [7, 11) is 0. The molecule has 0 aliphatic carbocycles. The Labute approximate surface area is 130 Å². The van der Waals surface area contributed by atoms with Crippen molar-refractivity contribution in [3.8, 4) is 0 Å². The maximum Gasteiger partial charge on any atom is 0.127 e. The highest BCUT2D eigenvalue weighted by molar-refractivity contribution is 6.31. The smallest absolute Gasteiger partial charge is 0.127 e. The molecule has 0 bridgehead atoms. The molecule has 5 heteroatoms. The van der Waals surface area contributed by atoms with Gasteiger partial charge in [0.25, 0.3) is 0 Å². The number of ether oxygens (including phenoxy) is 1. The van der Waals surface area contributed by atoms with Crippen LogP contribution in [0, 0.1) is 11.7 Å². The summed E-state index contributed by atoms with van der Waals surface area (Å²) in [5.41, 5.74) is -0.421. The monoisotopic (exact) mass is 315 g/mol. The van der Waals surface area contributed by atoms with Crippen LogP contribution in [-0.2, 0) is 11.2 Å². The standard InChI is InChI=1S/C16H23ClFNO2/c1-11(8-12-13(17)4-3-5-14(12)18)9-16(2,20)15-10-19-6-7-21-15/h3-5,11,15,19-20H,6-10H2,1-2H3. The van der Waals surface area contributed by atoms with E-state index in [0.717, 1.165) is 6.54 Å². The molecule has 0 aromatic heterocycles. The van der Waals surface area contributed by atoms with Crippen molar-refractivity contribution in [1.82, 2.24) is 5.32 Å². The van der Waals surface area contributed by atoms with Crippen molar-refractivity contribution in [2.24, 2.45) is 5.92 Å². The van der Waals surface area contributed by atoms with E-state index in [0.29, 0.717) is 36.6 Å². The molecule has 0 spiro atoms. The minimum absolute atomic E-state index is 0.0972. The highest BCUT2D eigenvalue weighted by Gasteiger charge is 2.35. The Hall–Kier alpha value is -0.680. The van der Waals surface area contributed by atoms with E-state index in [1.165, 1.54) is 6.07 Å². The van der Waals surface area contributed by atoms with Gasteiger partial charge in [-0.1, -0.05) is 24.6 Å². The summed E-state index contributed by atoms with van der Waals surface area (Å²) < 4.78 is 19.4. The van der Waals surface area contributed by atoms with Crippen LogP contribution in [0.1, 0.15) is 25.8 Å². The van der Waals surface area contributed by atoms with Gasteiger partial charge in [-0.15, -0.1) is 0 Å². The van der Waals surface area contributed by atoms with E-state index < -0.39 is 5.60 Å². The number of morpholine rings is 1. The number of hydrogen-bond acceptors (Lipinski definition) is 3. The minimum atomic E-state index is -0.940. The van der Waals surface area contributed by atoms with E-state index in [9.17, 15) is 9.50 Å². The number of rotatable bonds is 5. The van der Waals surface area contributed by atoms with Gasteiger partial charge >= 0.3 is 0 Å². The zero-order valence-electron chi connectivity index (χ0n) is 12.5. The maximum atomic E-state index is 13.8. The molecule has 3 unspecified atom stereocenters. The third-order valence-corrected chi connectivity index (χ3v) is 4.35. The summed E-state index contributed by atoms with van der Waals surface area (Å²) >= 11 is 6.06. The van der Waals surface area contributed by atoms with Crippen LogP contribution in [0.3, 0.4) is 0 Å². The zero-order chi connectivity index (χ0) is 15.5. The molecule has 1 aromatic rings. The van der Waals surface area contributed by atoms with Gasteiger partial charge < -0.3 is 15.2 Å². The topological polar surface area (TPSA) is 41.5 Å². The van der Waals surface area contributed by atoms with Crippen LogP contribution in [0.5, 0.6) is 0 Å². The molecule has 0 amide bonds. The van der Waals surface area contributed by atoms with Crippen molar-refractivity contribution in [2.45, 2.75) is 38.4 Å². The second-order valence-corrected chi connectivity index (χ2v) is 6.54. The van der Waals surface area contributed by atoms with E-state index in [4.69, 9.17) is 16.3 Å². The Morgan fingerprint density at radius 3 is 2.95 bits per heavy atom. The number of hydrogen-bond donors (Lipinski definition) is 2. The Bertz CT molecular complexity index is 455. The lowest BCUT2D eigenvalue weighted by Crippen LogP contribution is -2.52. The van der Waals surface area contributed by atoms with Gasteiger partial charge in [-0.25, -0.2) is 4.39 Å². The van der Waals surface area contributed by atoms with Gasteiger partial charge in [0.1, 0.15) is 5.82 Å². The van der Waals surface area contributed by atoms with Gasteiger partial charge in [-0.05, 0) is 37.8 Å². The SMILES string of the molecule is CC(Cc1c(F)cccc1Cl)CC(C)(O)C1CNCCO1. The summed E-state index contributed by atoms with van der Waals surface area (Å²) in [5.74, 6) is -0.190. The van der Waals surface area contributed by atoms with Crippen LogP contribution >= 0.6 is 11.6 Å². The van der Waals surface area contributed by atoms with Crippen molar-refractivity contribution in [3.05, 3.63) is 34.6 Å². The van der Waals surface area contributed by atoms with Gasteiger partial charge in [0.2, 0.25) is 0 Å². The second-order valence-electron chi connectivity index (χ2n) is 6.13. The molecule has 1 aromatic carbocycles. The fourth-order valence-corrected chi connectivity index (χ4v) is 3.19. The van der Waals surface area contributed by atoms with Gasteiger partial charge in [0.15, 0.2) is 0 Å².